The summed E-state index contributed by atoms with van der Waals surface area (Å²) < 4.78 is 2.85. The molecule has 0 radical (unpaired) electrons. The molecule has 0 saturated heterocycles. The molecule has 2 aromatic heterocycles. The summed E-state index contributed by atoms with van der Waals surface area (Å²) in [5.74, 6) is 0. The molecule has 0 amide bonds. The normalized spacial score (nSPS) is 12.3. The van der Waals surface area contributed by atoms with Crippen molar-refractivity contribution in [2.24, 2.45) is 0 Å². The molecule has 1 nitrogen and oxygen atoms in total. The van der Waals surface area contributed by atoms with Crippen LogP contribution in [0.3, 0.4) is 0 Å². The average molecular weight is 332 g/mol. The summed E-state index contributed by atoms with van der Waals surface area (Å²) in [5, 5.41) is 1.83. The molecule has 0 fully saturated rings. The van der Waals surface area contributed by atoms with Gasteiger partial charge in [-0.25, -0.2) is 0 Å². The van der Waals surface area contributed by atoms with Gasteiger partial charge in [0.05, 0.1) is 0 Å². The Morgan fingerprint density at radius 1 is 1.29 bits per heavy atom. The van der Waals surface area contributed by atoms with Gasteiger partial charge in [0, 0.05) is 0 Å². The molecule has 14 heavy (non-hydrogen) atoms. The second-order valence-electron chi connectivity index (χ2n) is 4.41. The minimum absolute atomic E-state index is 0.593. The van der Waals surface area contributed by atoms with E-state index in [1.165, 1.54) is 10.1 Å². The van der Waals surface area contributed by atoms with E-state index in [0.717, 1.165) is 0 Å². The number of aromatic nitrogens is 1. The standard InChI is InChI=1S/C7H3ClNS.3CH3.Sn/c8-7-3-6-5(4-9-7)1-2-10-6;;;;/h1,3-4H;3*1H3;. The van der Waals surface area contributed by atoms with E-state index >= 15 is 0 Å². The first-order valence-electron chi connectivity index (χ1n) is 4.52. The van der Waals surface area contributed by atoms with Gasteiger partial charge >= 0.3 is 97.6 Å². The van der Waals surface area contributed by atoms with Crippen molar-refractivity contribution in [2.45, 2.75) is 14.8 Å². The zero-order chi connectivity index (χ0) is 10.3. The summed E-state index contributed by atoms with van der Waals surface area (Å²) >= 11 is 5.84. The number of rotatable bonds is 1. The zero-order valence-electron chi connectivity index (χ0n) is 8.47. The molecule has 0 unspecified atom stereocenters. The molecular weight excluding hydrogens is 320 g/mol. The first kappa shape index (κ1) is 10.7. The van der Waals surface area contributed by atoms with Crippen LogP contribution in [0.15, 0.2) is 18.3 Å². The molecule has 2 aromatic rings. The third-order valence-electron chi connectivity index (χ3n) is 2.11. The van der Waals surface area contributed by atoms with Crippen molar-refractivity contribution in [3.8, 4) is 0 Å². The number of pyridine rings is 1. The van der Waals surface area contributed by atoms with E-state index in [2.05, 4.69) is 25.9 Å². The van der Waals surface area contributed by atoms with Crippen molar-refractivity contribution in [1.29, 1.82) is 0 Å². The average Bonchev–Trinajstić information content (AvgIpc) is 2.45. The van der Waals surface area contributed by atoms with Crippen molar-refractivity contribution in [2.75, 3.05) is 0 Å². The van der Waals surface area contributed by atoms with Gasteiger partial charge in [-0.1, -0.05) is 0 Å². The number of nitrogens with zero attached hydrogens (tertiary/aromatic N) is 1. The predicted molar refractivity (Wildman–Crippen MR) is 67.6 cm³/mol. The molecule has 0 aliphatic heterocycles. The molecule has 74 valence electrons. The molecule has 0 aliphatic carbocycles. The summed E-state index contributed by atoms with van der Waals surface area (Å²) in [6.07, 6.45) is 1.87. The fourth-order valence-corrected chi connectivity index (χ4v) is 7.87. The SMILES string of the molecule is [CH3][Sn]([CH3])([CH3])[c]1cc2cnc(Cl)cc2s1. The first-order chi connectivity index (χ1) is 6.47. The van der Waals surface area contributed by atoms with Crippen LogP contribution in [0.25, 0.3) is 10.1 Å². The molecule has 4 heteroatoms. The van der Waals surface area contributed by atoms with Gasteiger partial charge in [-0.15, -0.1) is 0 Å². The first-order valence-corrected chi connectivity index (χ1v) is 15.7. The Bertz CT molecular complexity index is 472. The van der Waals surface area contributed by atoms with Crippen molar-refractivity contribution in [1.82, 2.24) is 4.98 Å². The Morgan fingerprint density at radius 3 is 2.64 bits per heavy atom. The van der Waals surface area contributed by atoms with Crippen molar-refractivity contribution < 1.29 is 0 Å². The van der Waals surface area contributed by atoms with Gasteiger partial charge in [0.15, 0.2) is 0 Å². The van der Waals surface area contributed by atoms with Gasteiger partial charge in [-0.3, -0.25) is 0 Å². The van der Waals surface area contributed by atoms with Crippen molar-refractivity contribution >= 4 is 54.3 Å². The van der Waals surface area contributed by atoms with E-state index in [4.69, 9.17) is 11.6 Å². The molecule has 0 aliphatic rings. The van der Waals surface area contributed by atoms with Crippen LogP contribution < -0.4 is 2.89 Å². The quantitative estimate of drug-likeness (QED) is 0.575. The van der Waals surface area contributed by atoms with Gasteiger partial charge in [-0.05, 0) is 0 Å². The van der Waals surface area contributed by atoms with Crippen molar-refractivity contribution in [3.05, 3.63) is 23.5 Å². The molecule has 0 saturated carbocycles. The summed E-state index contributed by atoms with van der Waals surface area (Å²) in [7, 11) is 0. The molecule has 0 spiro atoms. The van der Waals surface area contributed by atoms with E-state index < -0.39 is 18.4 Å². The fraction of sp³-hybridized carbons (Fsp3) is 0.300. The topological polar surface area (TPSA) is 12.9 Å². The van der Waals surface area contributed by atoms with Gasteiger partial charge in [0.1, 0.15) is 0 Å². The van der Waals surface area contributed by atoms with Gasteiger partial charge in [0.2, 0.25) is 0 Å². The Balaban J connectivity index is 2.63. The molecule has 2 heterocycles. The molecule has 0 bridgehead atoms. The zero-order valence-corrected chi connectivity index (χ0v) is 12.9. The monoisotopic (exact) mass is 333 g/mol. The Labute approximate surface area is 97.0 Å². The Hall–Kier alpha value is 0.199. The second kappa shape index (κ2) is 3.65. The molecule has 0 atom stereocenters. The van der Waals surface area contributed by atoms with Crippen LogP contribution in [0.1, 0.15) is 0 Å². The fourth-order valence-electron chi connectivity index (χ4n) is 1.28. The van der Waals surface area contributed by atoms with E-state index in [-0.39, 0.29) is 0 Å². The van der Waals surface area contributed by atoms with Gasteiger partial charge in [-0.2, -0.15) is 0 Å². The number of hydrogen-bond donors (Lipinski definition) is 0. The maximum absolute atomic E-state index is 5.85. The third-order valence-corrected chi connectivity index (χ3v) is 12.8. The van der Waals surface area contributed by atoms with Crippen LogP contribution in [0, 0.1) is 0 Å². The second-order valence-corrected chi connectivity index (χ2v) is 21.3. The van der Waals surface area contributed by atoms with Crippen LogP contribution in [0.5, 0.6) is 0 Å². The van der Waals surface area contributed by atoms with E-state index in [9.17, 15) is 0 Å². The van der Waals surface area contributed by atoms with Crippen molar-refractivity contribution in [3.63, 3.8) is 0 Å². The van der Waals surface area contributed by atoms with Crippen LogP contribution >= 0.6 is 22.9 Å². The minimum atomic E-state index is -1.90. The van der Waals surface area contributed by atoms with Gasteiger partial charge in [0.25, 0.3) is 0 Å². The van der Waals surface area contributed by atoms with Gasteiger partial charge < -0.3 is 0 Å². The summed E-state index contributed by atoms with van der Waals surface area (Å²) in [6, 6.07) is 4.25. The molecule has 0 N–H and O–H groups in total. The third kappa shape index (κ3) is 2.07. The molecule has 0 aromatic carbocycles. The van der Waals surface area contributed by atoms with Crippen LogP contribution in [-0.4, -0.2) is 23.4 Å². The summed E-state index contributed by atoms with van der Waals surface area (Å²) in [6.45, 7) is 0. The Kier molecular flexibility index (Phi) is 2.79. The van der Waals surface area contributed by atoms with E-state index in [1.54, 1.807) is 2.89 Å². The van der Waals surface area contributed by atoms with Crippen LogP contribution in [0.2, 0.25) is 20.0 Å². The summed E-state index contributed by atoms with van der Waals surface area (Å²) in [5.41, 5.74) is 0. The maximum atomic E-state index is 5.85. The number of fused-ring (bicyclic) bond motifs is 1. The number of thiophene rings is 1. The molecular formula is C10H12ClNSSn. The van der Waals surface area contributed by atoms with Crippen LogP contribution in [0.4, 0.5) is 0 Å². The number of hydrogen-bond acceptors (Lipinski definition) is 2. The van der Waals surface area contributed by atoms with Crippen LogP contribution in [-0.2, 0) is 0 Å². The predicted octanol–water partition coefficient (Wildman–Crippen LogP) is 3.49. The Morgan fingerprint density at radius 2 is 2.00 bits per heavy atom. The van der Waals surface area contributed by atoms with E-state index in [1.807, 2.05) is 23.6 Å². The van der Waals surface area contributed by atoms with E-state index in [0.29, 0.717) is 5.15 Å². The molecule has 2 rings (SSSR count). The summed E-state index contributed by atoms with van der Waals surface area (Å²) in [4.78, 5) is 11.4. The number of halogens is 1.